The van der Waals surface area contributed by atoms with Crippen LogP contribution in [0.15, 0.2) is 65.6 Å². The lowest BCUT2D eigenvalue weighted by Crippen LogP contribution is -2.31. The van der Waals surface area contributed by atoms with Gasteiger partial charge in [0.1, 0.15) is 12.7 Å². The van der Waals surface area contributed by atoms with Crippen LogP contribution < -0.4 is 0 Å². The molecule has 2 aromatic carbocycles. The Morgan fingerprint density at radius 3 is 2.65 bits per heavy atom. The minimum atomic E-state index is -0.0911. The van der Waals surface area contributed by atoms with Crippen LogP contribution in [0.25, 0.3) is 11.5 Å². The monoisotopic (exact) mass is 436 g/mol. The Kier molecular flexibility index (Phi) is 6.37. The summed E-state index contributed by atoms with van der Waals surface area (Å²) in [5.74, 6) is 0.605. The molecule has 0 saturated carbocycles. The lowest BCUT2D eigenvalue weighted by Gasteiger charge is -2.20. The molecule has 0 aliphatic carbocycles. The number of carbonyl (C=O) groups is 1. The molecule has 31 heavy (non-hydrogen) atoms. The van der Waals surface area contributed by atoms with Crippen LogP contribution in [0.2, 0.25) is 5.02 Å². The highest BCUT2D eigenvalue weighted by molar-refractivity contribution is 6.33. The summed E-state index contributed by atoms with van der Waals surface area (Å²) in [4.78, 5) is 18.7. The lowest BCUT2D eigenvalue weighted by molar-refractivity contribution is 0.0728. The summed E-state index contributed by atoms with van der Waals surface area (Å²) in [7, 11) is 0. The number of amides is 1. The van der Waals surface area contributed by atoms with Crippen molar-refractivity contribution >= 4 is 17.5 Å². The molecule has 4 aromatic rings. The maximum atomic E-state index is 13.1. The number of benzene rings is 2. The second kappa shape index (κ2) is 9.53. The second-order valence-electron chi connectivity index (χ2n) is 7.00. The highest BCUT2D eigenvalue weighted by Crippen LogP contribution is 2.26. The number of hydrogen-bond donors (Lipinski definition) is 0. The molecule has 0 aliphatic heterocycles. The predicted octanol–water partition coefficient (Wildman–Crippen LogP) is 4.08. The Balaban J connectivity index is 1.47. The van der Waals surface area contributed by atoms with Crippen LogP contribution in [-0.4, -0.2) is 42.3 Å². The highest BCUT2D eigenvalue weighted by atomic mass is 35.5. The molecular formula is C22H21ClN6O2. The maximum absolute atomic E-state index is 13.1. The first-order valence-corrected chi connectivity index (χ1v) is 10.3. The maximum Gasteiger partial charge on any atom is 0.254 e. The normalized spacial score (nSPS) is 10.9. The van der Waals surface area contributed by atoms with Crippen LogP contribution in [0.1, 0.15) is 35.2 Å². The lowest BCUT2D eigenvalue weighted by atomic mass is 10.1. The van der Waals surface area contributed by atoms with Crippen molar-refractivity contribution in [2.45, 2.75) is 26.4 Å². The molecular weight excluding hydrogens is 416 g/mol. The first kappa shape index (κ1) is 20.7. The molecule has 0 atom stereocenters. The van der Waals surface area contributed by atoms with E-state index in [2.05, 4.69) is 20.3 Å². The van der Waals surface area contributed by atoms with Gasteiger partial charge < -0.3 is 9.32 Å². The van der Waals surface area contributed by atoms with Crippen molar-refractivity contribution in [2.75, 3.05) is 6.54 Å². The number of hydrogen-bond acceptors (Lipinski definition) is 6. The molecule has 2 heterocycles. The Hall–Kier alpha value is -3.52. The molecule has 0 saturated heterocycles. The van der Waals surface area contributed by atoms with Crippen molar-refractivity contribution in [1.29, 1.82) is 0 Å². The van der Waals surface area contributed by atoms with E-state index >= 15 is 0 Å². The predicted molar refractivity (Wildman–Crippen MR) is 115 cm³/mol. The average molecular weight is 437 g/mol. The van der Waals surface area contributed by atoms with Gasteiger partial charge in [0, 0.05) is 12.1 Å². The Bertz CT molecular complexity index is 1140. The molecule has 0 spiro atoms. The van der Waals surface area contributed by atoms with Gasteiger partial charge in [0.05, 0.1) is 23.7 Å². The quantitative estimate of drug-likeness (QED) is 0.413. The van der Waals surface area contributed by atoms with Gasteiger partial charge in [0.2, 0.25) is 11.8 Å². The minimum absolute atomic E-state index is 0.0911. The average Bonchev–Trinajstić information content (AvgIpc) is 3.46. The van der Waals surface area contributed by atoms with Crippen LogP contribution in [0, 0.1) is 0 Å². The molecule has 9 heteroatoms. The van der Waals surface area contributed by atoms with Gasteiger partial charge >= 0.3 is 0 Å². The third kappa shape index (κ3) is 4.97. The molecule has 8 nitrogen and oxygen atoms in total. The minimum Gasteiger partial charge on any atom is -0.419 e. The summed E-state index contributed by atoms with van der Waals surface area (Å²) in [5, 5.41) is 12.8. The zero-order chi connectivity index (χ0) is 21.6. The molecule has 0 fully saturated rings. The number of rotatable bonds is 8. The van der Waals surface area contributed by atoms with Crippen molar-refractivity contribution < 1.29 is 9.21 Å². The molecule has 4 rings (SSSR count). The SMILES string of the molecule is CCCN(Cc1nnc(-c2ccccc2Cl)o1)C(=O)c1ccc(Cn2cncn2)cc1. The van der Waals surface area contributed by atoms with Crippen molar-refractivity contribution in [3.63, 3.8) is 0 Å². The third-order valence-electron chi connectivity index (χ3n) is 4.69. The van der Waals surface area contributed by atoms with Crippen molar-refractivity contribution in [2.24, 2.45) is 0 Å². The summed E-state index contributed by atoms with van der Waals surface area (Å²) >= 11 is 6.21. The molecule has 2 aromatic heterocycles. The van der Waals surface area contributed by atoms with E-state index in [4.69, 9.17) is 16.0 Å². The molecule has 0 unspecified atom stereocenters. The number of nitrogens with zero attached hydrogens (tertiary/aromatic N) is 6. The largest absolute Gasteiger partial charge is 0.419 e. The first-order chi connectivity index (χ1) is 15.1. The number of aromatic nitrogens is 5. The highest BCUT2D eigenvalue weighted by Gasteiger charge is 2.19. The van der Waals surface area contributed by atoms with E-state index < -0.39 is 0 Å². The van der Waals surface area contributed by atoms with Gasteiger partial charge in [-0.15, -0.1) is 10.2 Å². The molecule has 158 valence electrons. The van der Waals surface area contributed by atoms with E-state index in [0.29, 0.717) is 41.0 Å². The summed E-state index contributed by atoms with van der Waals surface area (Å²) in [6.45, 7) is 3.42. The Morgan fingerprint density at radius 1 is 1.13 bits per heavy atom. The van der Waals surface area contributed by atoms with Gasteiger partial charge in [-0.25, -0.2) is 9.67 Å². The topological polar surface area (TPSA) is 89.9 Å². The van der Waals surface area contributed by atoms with Crippen LogP contribution in [0.5, 0.6) is 0 Å². The van der Waals surface area contributed by atoms with E-state index in [9.17, 15) is 4.79 Å². The van der Waals surface area contributed by atoms with Crippen molar-refractivity contribution in [1.82, 2.24) is 29.9 Å². The fourth-order valence-electron chi connectivity index (χ4n) is 3.18. The summed E-state index contributed by atoms with van der Waals surface area (Å²) < 4.78 is 7.50. The van der Waals surface area contributed by atoms with Crippen LogP contribution in [0.3, 0.4) is 0 Å². The summed E-state index contributed by atoms with van der Waals surface area (Å²) in [6, 6.07) is 14.7. The van der Waals surface area contributed by atoms with Crippen molar-refractivity contribution in [3.8, 4) is 11.5 Å². The van der Waals surface area contributed by atoms with E-state index in [-0.39, 0.29) is 12.5 Å². The first-order valence-electron chi connectivity index (χ1n) is 9.92. The van der Waals surface area contributed by atoms with E-state index in [1.807, 2.05) is 49.4 Å². The molecule has 0 bridgehead atoms. The molecule has 0 N–H and O–H groups in total. The Labute approximate surface area is 184 Å². The second-order valence-corrected chi connectivity index (χ2v) is 7.40. The summed E-state index contributed by atoms with van der Waals surface area (Å²) in [5.41, 5.74) is 2.30. The standard InChI is InChI=1S/C22H21ClN6O2/c1-2-11-28(13-20-26-27-21(31-20)18-5-3-4-6-19(18)23)22(30)17-9-7-16(8-10-17)12-29-15-24-14-25-29/h3-10,14-15H,2,11-13H2,1H3. The van der Waals surface area contributed by atoms with E-state index in [0.717, 1.165) is 12.0 Å². The van der Waals surface area contributed by atoms with Crippen LogP contribution >= 0.6 is 11.6 Å². The van der Waals surface area contributed by atoms with Gasteiger partial charge in [0.25, 0.3) is 5.91 Å². The molecule has 0 radical (unpaired) electrons. The van der Waals surface area contributed by atoms with Gasteiger partial charge in [0.15, 0.2) is 0 Å². The van der Waals surface area contributed by atoms with Crippen LogP contribution in [-0.2, 0) is 13.1 Å². The molecule has 0 aliphatic rings. The third-order valence-corrected chi connectivity index (χ3v) is 5.02. The Morgan fingerprint density at radius 2 is 1.94 bits per heavy atom. The zero-order valence-corrected chi connectivity index (χ0v) is 17.7. The van der Waals surface area contributed by atoms with Gasteiger partial charge in [-0.2, -0.15) is 5.10 Å². The fourth-order valence-corrected chi connectivity index (χ4v) is 3.40. The van der Waals surface area contributed by atoms with Crippen LogP contribution in [0.4, 0.5) is 0 Å². The summed E-state index contributed by atoms with van der Waals surface area (Å²) in [6.07, 6.45) is 3.96. The fraction of sp³-hybridized carbons (Fsp3) is 0.227. The molecule has 1 amide bonds. The van der Waals surface area contributed by atoms with Gasteiger partial charge in [-0.1, -0.05) is 42.8 Å². The van der Waals surface area contributed by atoms with E-state index in [1.54, 1.807) is 22.0 Å². The number of halogens is 1. The van der Waals surface area contributed by atoms with Gasteiger partial charge in [-0.3, -0.25) is 4.79 Å². The smallest absolute Gasteiger partial charge is 0.254 e. The number of carbonyl (C=O) groups excluding carboxylic acids is 1. The van der Waals surface area contributed by atoms with Crippen molar-refractivity contribution in [3.05, 3.63) is 83.2 Å². The van der Waals surface area contributed by atoms with Gasteiger partial charge in [-0.05, 0) is 36.2 Å². The zero-order valence-electron chi connectivity index (χ0n) is 17.0. The van der Waals surface area contributed by atoms with E-state index in [1.165, 1.54) is 6.33 Å².